The summed E-state index contributed by atoms with van der Waals surface area (Å²) in [6.07, 6.45) is 2.17. The number of benzene rings is 1. The third kappa shape index (κ3) is 6.18. The molecular weight excluding hydrogens is 222 g/mol. The summed E-state index contributed by atoms with van der Waals surface area (Å²) in [4.78, 5) is 0. The molecule has 0 radical (unpaired) electrons. The lowest BCUT2D eigenvalue weighted by molar-refractivity contribution is 0.0958. The third-order valence-electron chi connectivity index (χ3n) is 3.02. The maximum Gasteiger partial charge on any atom is 0.0719 e. The van der Waals surface area contributed by atoms with E-state index in [9.17, 15) is 0 Å². The summed E-state index contributed by atoms with van der Waals surface area (Å²) in [5.41, 5.74) is 3.07. The molecule has 0 aliphatic carbocycles. The van der Waals surface area contributed by atoms with Gasteiger partial charge in [0.2, 0.25) is 0 Å². The van der Waals surface area contributed by atoms with Crippen LogP contribution < -0.4 is 5.32 Å². The summed E-state index contributed by atoms with van der Waals surface area (Å²) in [7, 11) is 1.99. The first-order valence-corrected chi connectivity index (χ1v) is 6.82. The Morgan fingerprint density at radius 3 is 2.39 bits per heavy atom. The van der Waals surface area contributed by atoms with Crippen LogP contribution in [0.4, 0.5) is 0 Å². The predicted octanol–water partition coefficient (Wildman–Crippen LogP) is 3.40. The summed E-state index contributed by atoms with van der Waals surface area (Å²) in [6.45, 7) is 9.32. The molecule has 1 aromatic carbocycles. The van der Waals surface area contributed by atoms with Gasteiger partial charge in [0.1, 0.15) is 0 Å². The number of likely N-dealkylation sites (N-methyl/N-ethyl adjacent to an activating group) is 1. The first-order chi connectivity index (χ1) is 8.53. The molecule has 0 heterocycles. The van der Waals surface area contributed by atoms with Gasteiger partial charge >= 0.3 is 0 Å². The smallest absolute Gasteiger partial charge is 0.0719 e. The SMILES string of the molecule is CNCCc1ccccc1COCCC(C)(C)C. The average molecular weight is 249 g/mol. The predicted molar refractivity (Wildman–Crippen MR) is 77.8 cm³/mol. The van der Waals surface area contributed by atoms with Gasteiger partial charge in [-0.3, -0.25) is 0 Å². The van der Waals surface area contributed by atoms with Crippen LogP contribution in [0.25, 0.3) is 0 Å². The molecule has 1 N–H and O–H groups in total. The second kappa shape index (κ2) is 7.55. The van der Waals surface area contributed by atoms with Gasteiger partial charge in [-0.05, 0) is 43.0 Å². The Labute approximate surface area is 112 Å². The van der Waals surface area contributed by atoms with Crippen molar-refractivity contribution in [2.45, 2.75) is 40.2 Å². The van der Waals surface area contributed by atoms with Gasteiger partial charge in [0.05, 0.1) is 6.61 Å². The Morgan fingerprint density at radius 2 is 1.78 bits per heavy atom. The van der Waals surface area contributed by atoms with Gasteiger partial charge in [0.25, 0.3) is 0 Å². The van der Waals surface area contributed by atoms with Crippen molar-refractivity contribution < 1.29 is 4.74 Å². The molecule has 1 rings (SSSR count). The van der Waals surface area contributed by atoms with E-state index < -0.39 is 0 Å². The Hall–Kier alpha value is -0.860. The molecule has 102 valence electrons. The van der Waals surface area contributed by atoms with E-state index in [1.54, 1.807) is 0 Å². The zero-order chi connectivity index (χ0) is 13.4. The van der Waals surface area contributed by atoms with Gasteiger partial charge in [0.15, 0.2) is 0 Å². The fourth-order valence-electron chi connectivity index (χ4n) is 1.76. The van der Waals surface area contributed by atoms with Crippen LogP contribution in [0, 0.1) is 5.41 Å². The van der Waals surface area contributed by atoms with E-state index in [4.69, 9.17) is 4.74 Å². The number of ether oxygens (including phenoxy) is 1. The summed E-state index contributed by atoms with van der Waals surface area (Å²) in [6, 6.07) is 8.55. The number of nitrogens with one attached hydrogen (secondary N) is 1. The van der Waals surface area contributed by atoms with E-state index >= 15 is 0 Å². The highest BCUT2D eigenvalue weighted by atomic mass is 16.5. The Balaban J connectivity index is 2.41. The molecule has 0 aromatic heterocycles. The van der Waals surface area contributed by atoms with Crippen molar-refractivity contribution >= 4 is 0 Å². The molecule has 0 aliphatic heterocycles. The normalized spacial score (nSPS) is 11.8. The molecule has 2 nitrogen and oxygen atoms in total. The van der Waals surface area contributed by atoms with Crippen LogP contribution in [0.2, 0.25) is 0 Å². The largest absolute Gasteiger partial charge is 0.377 e. The molecule has 0 bridgehead atoms. The zero-order valence-corrected chi connectivity index (χ0v) is 12.3. The molecule has 2 heteroatoms. The third-order valence-corrected chi connectivity index (χ3v) is 3.02. The maximum atomic E-state index is 5.80. The topological polar surface area (TPSA) is 21.3 Å². The molecule has 0 saturated heterocycles. The molecule has 0 unspecified atom stereocenters. The standard InChI is InChI=1S/C16H27NO/c1-16(2,3)10-12-18-13-15-8-6-5-7-14(15)9-11-17-4/h5-8,17H,9-13H2,1-4H3. The molecule has 0 spiro atoms. The second-order valence-electron chi connectivity index (χ2n) is 5.99. The molecule has 0 amide bonds. The maximum absolute atomic E-state index is 5.80. The number of hydrogen-bond donors (Lipinski definition) is 1. The highest BCUT2D eigenvalue weighted by Gasteiger charge is 2.09. The van der Waals surface area contributed by atoms with Gasteiger partial charge in [-0.2, -0.15) is 0 Å². The summed E-state index contributed by atoms with van der Waals surface area (Å²) >= 11 is 0. The van der Waals surface area contributed by atoms with E-state index in [0.717, 1.165) is 32.6 Å². The molecule has 0 aliphatic rings. The van der Waals surface area contributed by atoms with E-state index in [2.05, 4.69) is 50.4 Å². The van der Waals surface area contributed by atoms with Crippen molar-refractivity contribution in [1.29, 1.82) is 0 Å². The molecular formula is C16H27NO. The van der Waals surface area contributed by atoms with Crippen LogP contribution in [0.3, 0.4) is 0 Å². The van der Waals surface area contributed by atoms with Crippen molar-refractivity contribution in [1.82, 2.24) is 5.32 Å². The van der Waals surface area contributed by atoms with Crippen molar-refractivity contribution in [3.63, 3.8) is 0 Å². The van der Waals surface area contributed by atoms with Crippen LogP contribution in [0.1, 0.15) is 38.3 Å². The Bertz CT molecular complexity index is 341. The summed E-state index contributed by atoms with van der Waals surface area (Å²) < 4.78 is 5.80. The lowest BCUT2D eigenvalue weighted by Crippen LogP contribution is -2.12. The van der Waals surface area contributed by atoms with E-state index in [-0.39, 0.29) is 0 Å². The number of hydrogen-bond acceptors (Lipinski definition) is 2. The Kier molecular flexibility index (Phi) is 6.37. The van der Waals surface area contributed by atoms with Crippen LogP contribution in [-0.4, -0.2) is 20.2 Å². The minimum absolute atomic E-state index is 0.353. The first-order valence-electron chi connectivity index (χ1n) is 6.82. The highest BCUT2D eigenvalue weighted by Crippen LogP contribution is 2.18. The van der Waals surface area contributed by atoms with E-state index in [1.165, 1.54) is 11.1 Å². The molecule has 0 atom stereocenters. The van der Waals surface area contributed by atoms with Crippen LogP contribution >= 0.6 is 0 Å². The zero-order valence-electron chi connectivity index (χ0n) is 12.3. The first kappa shape index (κ1) is 15.2. The van der Waals surface area contributed by atoms with Crippen LogP contribution in [0.15, 0.2) is 24.3 Å². The van der Waals surface area contributed by atoms with Crippen molar-refractivity contribution in [3.8, 4) is 0 Å². The second-order valence-corrected chi connectivity index (χ2v) is 5.99. The van der Waals surface area contributed by atoms with Gasteiger partial charge in [-0.1, -0.05) is 45.0 Å². The van der Waals surface area contributed by atoms with E-state index in [1.807, 2.05) is 7.05 Å². The lowest BCUT2D eigenvalue weighted by atomic mass is 9.93. The monoisotopic (exact) mass is 249 g/mol. The molecule has 0 fully saturated rings. The number of rotatable bonds is 7. The van der Waals surface area contributed by atoms with Gasteiger partial charge in [-0.15, -0.1) is 0 Å². The van der Waals surface area contributed by atoms with Crippen molar-refractivity contribution in [2.24, 2.45) is 5.41 Å². The van der Waals surface area contributed by atoms with E-state index in [0.29, 0.717) is 5.41 Å². The quantitative estimate of drug-likeness (QED) is 0.748. The highest BCUT2D eigenvalue weighted by molar-refractivity contribution is 5.26. The van der Waals surface area contributed by atoms with Gasteiger partial charge in [-0.25, -0.2) is 0 Å². The fraction of sp³-hybridized carbons (Fsp3) is 0.625. The molecule has 0 saturated carbocycles. The fourth-order valence-corrected chi connectivity index (χ4v) is 1.76. The minimum Gasteiger partial charge on any atom is -0.377 e. The summed E-state index contributed by atoms with van der Waals surface area (Å²) in [5.74, 6) is 0. The van der Waals surface area contributed by atoms with Crippen molar-refractivity contribution in [2.75, 3.05) is 20.2 Å². The minimum atomic E-state index is 0.353. The van der Waals surface area contributed by atoms with Crippen LogP contribution in [-0.2, 0) is 17.8 Å². The van der Waals surface area contributed by atoms with Crippen LogP contribution in [0.5, 0.6) is 0 Å². The average Bonchev–Trinajstić information content (AvgIpc) is 2.32. The van der Waals surface area contributed by atoms with Gasteiger partial charge in [0, 0.05) is 6.61 Å². The Morgan fingerprint density at radius 1 is 1.11 bits per heavy atom. The molecule has 18 heavy (non-hydrogen) atoms. The summed E-state index contributed by atoms with van der Waals surface area (Å²) in [5, 5.41) is 3.19. The molecule has 1 aromatic rings. The van der Waals surface area contributed by atoms with Gasteiger partial charge < -0.3 is 10.1 Å². The lowest BCUT2D eigenvalue weighted by Gasteiger charge is -2.18. The van der Waals surface area contributed by atoms with Crippen molar-refractivity contribution in [3.05, 3.63) is 35.4 Å².